The quantitative estimate of drug-likeness (QED) is 0.803. The zero-order valence-corrected chi connectivity index (χ0v) is 17.6. The van der Waals surface area contributed by atoms with Gasteiger partial charge in [-0.2, -0.15) is 0 Å². The van der Waals surface area contributed by atoms with Crippen molar-refractivity contribution in [3.8, 4) is 0 Å². The van der Waals surface area contributed by atoms with Crippen molar-refractivity contribution in [2.75, 3.05) is 19.7 Å². The van der Waals surface area contributed by atoms with Gasteiger partial charge in [0.1, 0.15) is 4.83 Å². The fourth-order valence-electron chi connectivity index (χ4n) is 4.50. The van der Waals surface area contributed by atoms with Crippen molar-refractivity contribution < 1.29 is 9.53 Å². The van der Waals surface area contributed by atoms with Gasteiger partial charge in [0.25, 0.3) is 5.56 Å². The summed E-state index contributed by atoms with van der Waals surface area (Å²) in [5.41, 5.74) is 0.478. The van der Waals surface area contributed by atoms with Crippen LogP contribution in [-0.2, 0) is 17.8 Å². The monoisotopic (exact) mass is 418 g/mol. The number of rotatable bonds is 5. The zero-order valence-electron chi connectivity index (χ0n) is 16.8. The van der Waals surface area contributed by atoms with Gasteiger partial charge in [0.15, 0.2) is 0 Å². The molecule has 1 saturated carbocycles. The van der Waals surface area contributed by atoms with Crippen molar-refractivity contribution in [3.63, 3.8) is 0 Å². The molecule has 0 aromatic carbocycles. The summed E-state index contributed by atoms with van der Waals surface area (Å²) in [5.74, 6) is 0.348. The maximum atomic E-state index is 13.3. The van der Waals surface area contributed by atoms with Gasteiger partial charge < -0.3 is 15.0 Å². The first-order valence-electron chi connectivity index (χ1n) is 10.4. The minimum absolute atomic E-state index is 0.00805. The molecule has 2 amide bonds. The minimum atomic E-state index is -0.223. The van der Waals surface area contributed by atoms with E-state index in [9.17, 15) is 14.4 Å². The third-order valence-electron chi connectivity index (χ3n) is 6.43. The number of urea groups is 1. The van der Waals surface area contributed by atoms with E-state index in [1.807, 2.05) is 6.92 Å². The van der Waals surface area contributed by atoms with Gasteiger partial charge >= 0.3 is 11.7 Å². The standard InChI is InChI=1S/C20H26N4O4S/c1-11-8-14(11)24-17(25)16-12(2)15(10-22-6-5-21-19(22)26)29-18(16)23(20(24)27)9-13-4-3-7-28-13/h11,13-14H,3-10H2,1-2H3,(H,21,26). The summed E-state index contributed by atoms with van der Waals surface area (Å²) in [5, 5.41) is 3.44. The van der Waals surface area contributed by atoms with Crippen LogP contribution in [0.5, 0.6) is 0 Å². The average Bonchev–Trinajstić information content (AvgIpc) is 3.08. The molecule has 3 aliphatic rings. The summed E-state index contributed by atoms with van der Waals surface area (Å²) in [6, 6.07) is -0.0925. The Balaban J connectivity index is 1.65. The van der Waals surface area contributed by atoms with E-state index in [1.165, 1.54) is 15.9 Å². The molecule has 1 N–H and O–H groups in total. The molecule has 3 unspecified atom stereocenters. The lowest BCUT2D eigenvalue weighted by Crippen LogP contribution is -2.41. The first-order valence-corrected chi connectivity index (χ1v) is 11.2. The van der Waals surface area contributed by atoms with Crippen molar-refractivity contribution in [2.45, 2.75) is 58.3 Å². The highest BCUT2D eigenvalue weighted by molar-refractivity contribution is 7.18. The summed E-state index contributed by atoms with van der Waals surface area (Å²) in [6.07, 6.45) is 2.80. The van der Waals surface area contributed by atoms with Crippen LogP contribution in [0, 0.1) is 12.8 Å². The molecule has 2 saturated heterocycles. The molecule has 4 heterocycles. The van der Waals surface area contributed by atoms with E-state index >= 15 is 0 Å². The number of hydrogen-bond donors (Lipinski definition) is 1. The number of nitrogens with zero attached hydrogens (tertiary/aromatic N) is 3. The second-order valence-electron chi connectivity index (χ2n) is 8.47. The molecule has 156 valence electrons. The lowest BCUT2D eigenvalue weighted by molar-refractivity contribution is 0.0966. The fraction of sp³-hybridized carbons (Fsp3) is 0.650. The zero-order chi connectivity index (χ0) is 20.3. The summed E-state index contributed by atoms with van der Waals surface area (Å²) in [4.78, 5) is 42.1. The summed E-state index contributed by atoms with van der Waals surface area (Å²) in [7, 11) is 0. The highest BCUT2D eigenvalue weighted by atomic mass is 32.1. The first kappa shape index (κ1) is 18.9. The van der Waals surface area contributed by atoms with Gasteiger partial charge in [0.05, 0.1) is 24.6 Å². The number of carbonyl (C=O) groups is 1. The van der Waals surface area contributed by atoms with Gasteiger partial charge in [-0.1, -0.05) is 6.92 Å². The van der Waals surface area contributed by atoms with Gasteiger partial charge in [-0.15, -0.1) is 11.3 Å². The Morgan fingerprint density at radius 2 is 2.07 bits per heavy atom. The highest BCUT2D eigenvalue weighted by Gasteiger charge is 2.38. The molecule has 3 atom stereocenters. The number of carbonyl (C=O) groups excluding carboxylic acids is 1. The number of fused-ring (bicyclic) bond motifs is 1. The largest absolute Gasteiger partial charge is 0.376 e. The molecule has 3 fully saturated rings. The number of thiophene rings is 1. The molecule has 0 spiro atoms. The molecule has 2 aromatic heterocycles. The topological polar surface area (TPSA) is 85.6 Å². The van der Waals surface area contributed by atoms with Crippen LogP contribution in [0.15, 0.2) is 9.59 Å². The Morgan fingerprint density at radius 3 is 2.69 bits per heavy atom. The van der Waals surface area contributed by atoms with Crippen molar-refractivity contribution >= 4 is 27.6 Å². The number of aromatic nitrogens is 2. The molecule has 5 rings (SSSR count). The van der Waals surface area contributed by atoms with Gasteiger partial charge in [0.2, 0.25) is 0 Å². The highest BCUT2D eigenvalue weighted by Crippen LogP contribution is 2.41. The van der Waals surface area contributed by atoms with E-state index in [0.29, 0.717) is 42.3 Å². The van der Waals surface area contributed by atoms with Crippen molar-refractivity contribution in [2.24, 2.45) is 5.92 Å². The summed E-state index contributed by atoms with van der Waals surface area (Å²) >= 11 is 1.47. The van der Waals surface area contributed by atoms with E-state index < -0.39 is 0 Å². The predicted octanol–water partition coefficient (Wildman–Crippen LogP) is 1.82. The van der Waals surface area contributed by atoms with Gasteiger partial charge in [0, 0.05) is 30.6 Å². The van der Waals surface area contributed by atoms with Crippen LogP contribution in [0.2, 0.25) is 0 Å². The Labute approximate surface area is 172 Å². The lowest BCUT2D eigenvalue weighted by atomic mass is 10.2. The normalized spacial score (nSPS) is 26.5. The second kappa shape index (κ2) is 6.98. The van der Waals surface area contributed by atoms with Crippen molar-refractivity contribution in [1.29, 1.82) is 0 Å². The number of aryl methyl sites for hydroxylation is 1. The Morgan fingerprint density at radius 1 is 1.28 bits per heavy atom. The maximum absolute atomic E-state index is 13.3. The van der Waals surface area contributed by atoms with Crippen LogP contribution in [0.3, 0.4) is 0 Å². The lowest BCUT2D eigenvalue weighted by Gasteiger charge is -2.15. The fourth-order valence-corrected chi connectivity index (χ4v) is 5.82. The molecule has 0 bridgehead atoms. The molecule has 2 aliphatic heterocycles. The Kier molecular flexibility index (Phi) is 4.54. The van der Waals surface area contributed by atoms with Crippen LogP contribution >= 0.6 is 11.3 Å². The molecule has 29 heavy (non-hydrogen) atoms. The van der Waals surface area contributed by atoms with Crippen LogP contribution in [0.25, 0.3) is 10.2 Å². The number of nitrogens with one attached hydrogen (secondary N) is 1. The molecule has 2 aromatic rings. The average molecular weight is 419 g/mol. The summed E-state index contributed by atoms with van der Waals surface area (Å²) in [6.45, 7) is 6.96. The smallest absolute Gasteiger partial charge is 0.332 e. The number of amides is 2. The van der Waals surface area contributed by atoms with Crippen LogP contribution < -0.4 is 16.6 Å². The van der Waals surface area contributed by atoms with Crippen LogP contribution in [-0.4, -0.2) is 45.9 Å². The van der Waals surface area contributed by atoms with E-state index in [2.05, 4.69) is 12.2 Å². The third-order valence-corrected chi connectivity index (χ3v) is 7.73. The predicted molar refractivity (Wildman–Crippen MR) is 111 cm³/mol. The molecular formula is C20H26N4O4S. The minimum Gasteiger partial charge on any atom is -0.376 e. The molecule has 1 aliphatic carbocycles. The van der Waals surface area contributed by atoms with Crippen molar-refractivity contribution in [3.05, 3.63) is 31.3 Å². The maximum Gasteiger partial charge on any atom is 0.332 e. The van der Waals surface area contributed by atoms with E-state index in [4.69, 9.17) is 4.74 Å². The molecular weight excluding hydrogens is 392 g/mol. The SMILES string of the molecule is Cc1c(CN2CCNC2=O)sc2c1c(=O)n(C1CC1C)c(=O)n2CC1CCCO1. The first-order chi connectivity index (χ1) is 14.0. The molecule has 9 heteroatoms. The Bertz CT molecular complexity index is 1090. The Hall–Kier alpha value is -2.13. The van der Waals surface area contributed by atoms with E-state index in [1.54, 1.807) is 9.47 Å². The van der Waals surface area contributed by atoms with Crippen LogP contribution in [0.4, 0.5) is 4.79 Å². The van der Waals surface area contributed by atoms with Crippen LogP contribution in [0.1, 0.15) is 42.7 Å². The number of hydrogen-bond acceptors (Lipinski definition) is 5. The molecule has 0 radical (unpaired) electrons. The van der Waals surface area contributed by atoms with E-state index in [-0.39, 0.29) is 29.4 Å². The van der Waals surface area contributed by atoms with Gasteiger partial charge in [-0.25, -0.2) is 9.59 Å². The van der Waals surface area contributed by atoms with Gasteiger partial charge in [-0.05, 0) is 37.7 Å². The second-order valence-corrected chi connectivity index (χ2v) is 9.55. The third kappa shape index (κ3) is 3.11. The van der Waals surface area contributed by atoms with Crippen molar-refractivity contribution in [1.82, 2.24) is 19.4 Å². The summed E-state index contributed by atoms with van der Waals surface area (Å²) < 4.78 is 9.00. The van der Waals surface area contributed by atoms with E-state index in [0.717, 1.165) is 36.3 Å². The number of ether oxygens (including phenoxy) is 1. The van der Waals surface area contributed by atoms with Gasteiger partial charge in [-0.3, -0.25) is 13.9 Å². The molecule has 8 nitrogen and oxygen atoms in total.